The summed E-state index contributed by atoms with van der Waals surface area (Å²) in [6.45, 7) is 0. The van der Waals surface area contributed by atoms with Crippen LogP contribution in [0.5, 0.6) is 5.75 Å². The van der Waals surface area contributed by atoms with Crippen LogP contribution in [0.25, 0.3) is 0 Å². The monoisotopic (exact) mass is 298 g/mol. The maximum Gasteiger partial charge on any atom is 0.449 e. The van der Waals surface area contributed by atoms with Gasteiger partial charge in [0.2, 0.25) is 0 Å². The van der Waals surface area contributed by atoms with E-state index in [2.05, 4.69) is 4.18 Å². The zero-order valence-corrected chi connectivity index (χ0v) is 9.97. The van der Waals surface area contributed by atoms with Crippen molar-refractivity contribution in [3.63, 3.8) is 0 Å². The summed E-state index contributed by atoms with van der Waals surface area (Å²) in [5, 5.41) is 9.38. The van der Waals surface area contributed by atoms with Gasteiger partial charge in [-0.2, -0.15) is 16.8 Å². The van der Waals surface area contributed by atoms with Crippen LogP contribution >= 0.6 is 0 Å². The van der Waals surface area contributed by atoms with Crippen LogP contribution in [0.4, 0.5) is 0 Å². The van der Waals surface area contributed by atoms with Gasteiger partial charge < -0.3 is 9.29 Å². The van der Waals surface area contributed by atoms with Gasteiger partial charge in [0.25, 0.3) is 10.1 Å². The van der Waals surface area contributed by atoms with Gasteiger partial charge in [-0.3, -0.25) is 9.11 Å². The van der Waals surface area contributed by atoms with Crippen LogP contribution < -0.4 is 0 Å². The summed E-state index contributed by atoms with van der Waals surface area (Å²) in [5.74, 6) is -2.91. The van der Waals surface area contributed by atoms with E-state index in [0.717, 1.165) is 18.2 Å². The van der Waals surface area contributed by atoms with Crippen molar-refractivity contribution in [2.45, 2.75) is 4.90 Å². The molecule has 0 aliphatic carbocycles. The fraction of sp³-hybridized carbons (Fsp3) is 0. The normalized spacial score (nSPS) is 12.1. The van der Waals surface area contributed by atoms with Crippen LogP contribution in [0.3, 0.4) is 0 Å². The van der Waals surface area contributed by atoms with Crippen LogP contribution in [0.2, 0.25) is 0 Å². The Morgan fingerprint density at radius 2 is 1.67 bits per heavy atom. The number of carbonyl (C=O) groups excluding carboxylic acids is 1. The van der Waals surface area contributed by atoms with Crippen LogP contribution in [0.15, 0.2) is 23.1 Å². The van der Waals surface area contributed by atoms with E-state index < -0.39 is 42.7 Å². The Balaban J connectivity index is 3.33. The lowest BCUT2D eigenvalue weighted by Gasteiger charge is -2.05. The molecule has 0 fully saturated rings. The Morgan fingerprint density at radius 3 is 2.11 bits per heavy atom. The zero-order valence-electron chi connectivity index (χ0n) is 8.34. The number of hydrogen-bond acceptors (Lipinski definition) is 7. The van der Waals surface area contributed by atoms with E-state index in [1.807, 2.05) is 0 Å². The van der Waals surface area contributed by atoms with Crippen LogP contribution in [-0.2, 0) is 24.7 Å². The molecule has 0 radical (unpaired) electrons. The first kappa shape index (κ1) is 14.4. The van der Waals surface area contributed by atoms with E-state index >= 15 is 0 Å². The van der Waals surface area contributed by atoms with Gasteiger partial charge in [-0.15, -0.1) is 0 Å². The second-order valence-corrected chi connectivity index (χ2v) is 5.34. The lowest BCUT2D eigenvalue weighted by Crippen LogP contribution is -2.13. The van der Waals surface area contributed by atoms with Gasteiger partial charge >= 0.3 is 16.4 Å². The highest BCUT2D eigenvalue weighted by Crippen LogP contribution is 2.27. The van der Waals surface area contributed by atoms with E-state index in [0.29, 0.717) is 0 Å². The van der Waals surface area contributed by atoms with Gasteiger partial charge in [-0.1, -0.05) is 6.07 Å². The summed E-state index contributed by atoms with van der Waals surface area (Å²) in [4.78, 5) is 10.2. The molecule has 3 N–H and O–H groups in total. The number of benzene rings is 1. The molecule has 0 unspecified atom stereocenters. The molecule has 100 valence electrons. The average molecular weight is 298 g/mol. The lowest BCUT2D eigenvalue weighted by molar-refractivity contribution is 0.0724. The molecule has 1 aromatic rings. The first-order chi connectivity index (χ1) is 8.02. The molecule has 0 amide bonds. The minimum Gasteiger partial charge on any atom is -0.506 e. The maximum atomic E-state index is 11.2. The summed E-state index contributed by atoms with van der Waals surface area (Å²) < 4.78 is 62.6. The molecule has 0 saturated carbocycles. The Hall–Kier alpha value is -1.69. The van der Waals surface area contributed by atoms with Crippen molar-refractivity contribution in [1.82, 2.24) is 0 Å². The van der Waals surface area contributed by atoms with Crippen LogP contribution in [0.1, 0.15) is 10.4 Å². The molecular formula is C7H6O9S2. The number of para-hydroxylation sites is 1. The van der Waals surface area contributed by atoms with Gasteiger partial charge in [-0.05, 0) is 12.1 Å². The molecule has 0 saturated heterocycles. The van der Waals surface area contributed by atoms with E-state index in [9.17, 15) is 26.7 Å². The van der Waals surface area contributed by atoms with E-state index in [1.165, 1.54) is 0 Å². The van der Waals surface area contributed by atoms with Crippen molar-refractivity contribution in [1.29, 1.82) is 0 Å². The third kappa shape index (κ3) is 3.40. The number of hydrogen-bond donors (Lipinski definition) is 3. The molecule has 0 bridgehead atoms. The van der Waals surface area contributed by atoms with Crippen molar-refractivity contribution >= 4 is 26.5 Å². The van der Waals surface area contributed by atoms with Gasteiger partial charge in [0.15, 0.2) is 5.75 Å². The minimum atomic E-state index is -5.11. The molecule has 0 aliphatic rings. The predicted molar refractivity (Wildman–Crippen MR) is 54.9 cm³/mol. The second-order valence-electron chi connectivity index (χ2n) is 2.93. The molecule has 0 atom stereocenters. The Kier molecular flexibility index (Phi) is 3.62. The Labute approximate surface area is 101 Å². The van der Waals surface area contributed by atoms with Crippen molar-refractivity contribution in [3.05, 3.63) is 23.8 Å². The molecule has 18 heavy (non-hydrogen) atoms. The van der Waals surface area contributed by atoms with Gasteiger partial charge in [0.05, 0.1) is 0 Å². The first-order valence-electron chi connectivity index (χ1n) is 4.03. The summed E-state index contributed by atoms with van der Waals surface area (Å²) in [6, 6.07) is 2.55. The molecule has 0 heterocycles. The third-order valence-electron chi connectivity index (χ3n) is 1.68. The molecule has 0 spiro atoms. The molecule has 9 nitrogen and oxygen atoms in total. The van der Waals surface area contributed by atoms with E-state index in [4.69, 9.17) is 9.11 Å². The fourth-order valence-electron chi connectivity index (χ4n) is 1.04. The predicted octanol–water partition coefficient (Wildman–Crippen LogP) is -0.401. The molecule has 1 aromatic carbocycles. The molecule has 0 aliphatic heterocycles. The quantitative estimate of drug-likeness (QED) is 0.631. The zero-order chi connectivity index (χ0) is 14.1. The highest BCUT2D eigenvalue weighted by molar-refractivity contribution is 7.86. The topological polar surface area (TPSA) is 155 Å². The smallest absolute Gasteiger partial charge is 0.449 e. The van der Waals surface area contributed by atoms with E-state index in [-0.39, 0.29) is 0 Å². The van der Waals surface area contributed by atoms with Crippen molar-refractivity contribution in [2.24, 2.45) is 0 Å². The van der Waals surface area contributed by atoms with E-state index in [1.54, 1.807) is 0 Å². The number of aromatic hydroxyl groups is 1. The Bertz CT molecular complexity index is 686. The van der Waals surface area contributed by atoms with Crippen molar-refractivity contribution in [3.8, 4) is 5.75 Å². The molecule has 0 aromatic heterocycles. The second kappa shape index (κ2) is 4.53. The van der Waals surface area contributed by atoms with Crippen molar-refractivity contribution < 1.29 is 40.0 Å². The summed E-state index contributed by atoms with van der Waals surface area (Å²) in [7, 11) is -9.91. The molecule has 11 heteroatoms. The lowest BCUT2D eigenvalue weighted by atomic mass is 10.2. The molecule has 1 rings (SSSR count). The number of phenolic OH excluding ortho intramolecular Hbond substituents is 1. The number of phenols is 1. The largest absolute Gasteiger partial charge is 0.506 e. The standard InChI is InChI=1S/C7H6O9S2/c8-6-4(7(9)16-18(13,14)15)2-1-3-5(6)17(10,11)12/h1-3,8H,(H,10,11,12)(H,13,14,15). The first-order valence-corrected chi connectivity index (χ1v) is 6.83. The van der Waals surface area contributed by atoms with Gasteiger partial charge in [0, 0.05) is 0 Å². The van der Waals surface area contributed by atoms with Crippen LogP contribution in [-0.4, -0.2) is 37.0 Å². The average Bonchev–Trinajstić information content (AvgIpc) is 2.12. The van der Waals surface area contributed by atoms with Crippen molar-refractivity contribution in [2.75, 3.05) is 0 Å². The maximum absolute atomic E-state index is 11.2. The summed E-state index contributed by atoms with van der Waals surface area (Å²) in [6.07, 6.45) is 0. The highest BCUT2D eigenvalue weighted by Gasteiger charge is 2.24. The summed E-state index contributed by atoms with van der Waals surface area (Å²) in [5.41, 5.74) is -0.859. The number of rotatable bonds is 3. The minimum absolute atomic E-state index is 0.773. The van der Waals surface area contributed by atoms with Crippen LogP contribution in [0, 0.1) is 0 Å². The summed E-state index contributed by atoms with van der Waals surface area (Å²) >= 11 is 0. The van der Waals surface area contributed by atoms with Gasteiger partial charge in [-0.25, -0.2) is 4.79 Å². The number of carbonyl (C=O) groups is 1. The highest BCUT2D eigenvalue weighted by atomic mass is 32.3. The molecular weight excluding hydrogens is 292 g/mol. The third-order valence-corrected chi connectivity index (χ3v) is 2.93. The Morgan fingerprint density at radius 1 is 1.11 bits per heavy atom. The SMILES string of the molecule is O=C(OS(=O)(=O)O)c1cccc(S(=O)(=O)O)c1O. The van der Waals surface area contributed by atoms with Gasteiger partial charge in [0.1, 0.15) is 10.5 Å². The fourth-order valence-corrected chi connectivity index (χ4v) is 1.92.